The molecule has 0 saturated heterocycles. The molecule has 35 heavy (non-hydrogen) atoms. The smallest absolute Gasteiger partial charge is 0.223 e. The molecule has 8 heteroatoms. The number of ether oxygens (including phenoxy) is 4. The fraction of sp³-hybridized carbons (Fsp3) is 0.519. The van der Waals surface area contributed by atoms with Crippen molar-refractivity contribution in [1.82, 2.24) is 9.80 Å². The minimum absolute atomic E-state index is 0. The molecule has 1 aliphatic carbocycles. The van der Waals surface area contributed by atoms with Crippen molar-refractivity contribution in [3.8, 4) is 23.0 Å². The van der Waals surface area contributed by atoms with Crippen molar-refractivity contribution in [2.45, 2.75) is 31.6 Å². The number of rotatable bonds is 9. The molecule has 0 unspecified atom stereocenters. The monoisotopic (exact) mass is 504 g/mol. The van der Waals surface area contributed by atoms with Crippen LogP contribution in [0, 0.1) is 0 Å². The molecule has 0 saturated carbocycles. The summed E-state index contributed by atoms with van der Waals surface area (Å²) in [5.41, 5.74) is 5.12. The first-order chi connectivity index (χ1) is 16.5. The standard InChI is InChI=1S/C27H36N2O5.ClH/c1-28(17-21-12-20-15-25(33-4)26(34-5)16-22(20)21)9-8-27(30)29-10-6-18-13-23(31-2)24(32-3)14-19(18)7-11-29;/h13-16,21H,6-12,17H2,1-5H3;1H/t21-;/m1./s1. The summed E-state index contributed by atoms with van der Waals surface area (Å²) in [7, 11) is 8.75. The van der Waals surface area contributed by atoms with Crippen molar-refractivity contribution < 1.29 is 23.7 Å². The number of likely N-dealkylation sites (N-methyl/N-ethyl adjacent to an activating group) is 1. The molecule has 7 nitrogen and oxygen atoms in total. The van der Waals surface area contributed by atoms with Crippen LogP contribution >= 0.6 is 12.4 Å². The van der Waals surface area contributed by atoms with Crippen molar-refractivity contribution >= 4 is 18.3 Å². The summed E-state index contributed by atoms with van der Waals surface area (Å²) < 4.78 is 21.8. The van der Waals surface area contributed by atoms with E-state index in [0.29, 0.717) is 12.3 Å². The van der Waals surface area contributed by atoms with Gasteiger partial charge in [0.1, 0.15) is 0 Å². The van der Waals surface area contributed by atoms with Crippen molar-refractivity contribution in [1.29, 1.82) is 0 Å². The molecular weight excluding hydrogens is 468 g/mol. The maximum absolute atomic E-state index is 13.0. The molecule has 4 rings (SSSR count). The Bertz CT molecular complexity index is 1010. The molecule has 2 aromatic carbocycles. The van der Waals surface area contributed by atoms with E-state index in [1.165, 1.54) is 22.3 Å². The molecule has 0 fully saturated rings. The van der Waals surface area contributed by atoms with Gasteiger partial charge in [-0.2, -0.15) is 0 Å². The van der Waals surface area contributed by atoms with Gasteiger partial charge in [0.05, 0.1) is 28.4 Å². The molecule has 0 N–H and O–H groups in total. The molecule has 0 spiro atoms. The van der Waals surface area contributed by atoms with Crippen LogP contribution in [0.5, 0.6) is 23.0 Å². The van der Waals surface area contributed by atoms with E-state index >= 15 is 0 Å². The van der Waals surface area contributed by atoms with Crippen LogP contribution in [0.3, 0.4) is 0 Å². The summed E-state index contributed by atoms with van der Waals surface area (Å²) in [6, 6.07) is 8.28. The lowest BCUT2D eigenvalue weighted by atomic mass is 9.77. The second-order valence-corrected chi connectivity index (χ2v) is 9.18. The number of halogens is 1. The van der Waals surface area contributed by atoms with Gasteiger partial charge in [0.25, 0.3) is 0 Å². The lowest BCUT2D eigenvalue weighted by Crippen LogP contribution is -2.37. The first-order valence-electron chi connectivity index (χ1n) is 11.9. The van der Waals surface area contributed by atoms with Gasteiger partial charge < -0.3 is 28.7 Å². The number of hydrogen-bond donors (Lipinski definition) is 0. The molecule has 0 bridgehead atoms. The minimum atomic E-state index is 0. The minimum Gasteiger partial charge on any atom is -0.493 e. The molecule has 192 valence electrons. The Morgan fingerprint density at radius 1 is 0.857 bits per heavy atom. The van der Waals surface area contributed by atoms with Gasteiger partial charge in [0.2, 0.25) is 5.91 Å². The lowest BCUT2D eigenvalue weighted by Gasteiger charge is -2.34. The summed E-state index contributed by atoms with van der Waals surface area (Å²) in [4.78, 5) is 17.3. The van der Waals surface area contributed by atoms with Crippen LogP contribution in [-0.2, 0) is 24.1 Å². The van der Waals surface area contributed by atoms with Gasteiger partial charge in [-0.05, 0) is 72.8 Å². The van der Waals surface area contributed by atoms with E-state index in [1.807, 2.05) is 4.90 Å². The van der Waals surface area contributed by atoms with Gasteiger partial charge in [0.15, 0.2) is 23.0 Å². The SMILES string of the molecule is COc1cc2c(cc1OC)CCN(C(=O)CCN(C)C[C@H]1Cc3cc(OC)c(OC)cc31)CC2.Cl. The highest BCUT2D eigenvalue weighted by molar-refractivity contribution is 5.85. The largest absolute Gasteiger partial charge is 0.493 e. The highest BCUT2D eigenvalue weighted by atomic mass is 35.5. The number of fused-ring (bicyclic) bond motifs is 2. The van der Waals surface area contributed by atoms with E-state index in [1.54, 1.807) is 28.4 Å². The summed E-state index contributed by atoms with van der Waals surface area (Å²) in [5.74, 6) is 3.75. The highest BCUT2D eigenvalue weighted by Gasteiger charge is 2.29. The molecule has 2 aromatic rings. The summed E-state index contributed by atoms with van der Waals surface area (Å²) in [6.07, 6.45) is 3.24. The number of hydrogen-bond acceptors (Lipinski definition) is 6. The third-order valence-electron chi connectivity index (χ3n) is 7.15. The van der Waals surface area contributed by atoms with E-state index in [2.05, 4.69) is 36.2 Å². The van der Waals surface area contributed by atoms with Crippen LogP contribution in [0.1, 0.15) is 34.6 Å². The summed E-state index contributed by atoms with van der Waals surface area (Å²) in [6.45, 7) is 3.16. The molecule has 2 aliphatic rings. The zero-order valence-corrected chi connectivity index (χ0v) is 22.2. The Labute approximate surface area is 214 Å². The number of methoxy groups -OCH3 is 4. The van der Waals surface area contributed by atoms with Gasteiger partial charge in [-0.25, -0.2) is 0 Å². The molecule has 0 radical (unpaired) electrons. The highest BCUT2D eigenvalue weighted by Crippen LogP contribution is 2.42. The summed E-state index contributed by atoms with van der Waals surface area (Å²) in [5, 5.41) is 0. The van der Waals surface area contributed by atoms with Gasteiger partial charge in [-0.15, -0.1) is 12.4 Å². The molecule has 0 aromatic heterocycles. The van der Waals surface area contributed by atoms with Gasteiger partial charge in [0, 0.05) is 38.5 Å². The Morgan fingerprint density at radius 2 is 1.34 bits per heavy atom. The van der Waals surface area contributed by atoms with Crippen LogP contribution in [0.25, 0.3) is 0 Å². The third kappa shape index (κ3) is 5.78. The van der Waals surface area contributed by atoms with Gasteiger partial charge in [-0.3, -0.25) is 4.79 Å². The van der Waals surface area contributed by atoms with E-state index < -0.39 is 0 Å². The van der Waals surface area contributed by atoms with Crippen LogP contribution in [0.2, 0.25) is 0 Å². The Hall–Kier alpha value is -2.64. The Kier molecular flexibility index (Phi) is 9.14. The fourth-order valence-corrected chi connectivity index (χ4v) is 5.11. The first kappa shape index (κ1) is 27.0. The number of benzene rings is 2. The lowest BCUT2D eigenvalue weighted by molar-refractivity contribution is -0.131. The van der Waals surface area contributed by atoms with E-state index in [0.717, 1.165) is 68.4 Å². The molecule has 1 heterocycles. The van der Waals surface area contributed by atoms with Gasteiger partial charge >= 0.3 is 0 Å². The average Bonchev–Trinajstić information content (AvgIpc) is 3.06. The predicted octanol–water partition coefficient (Wildman–Crippen LogP) is 3.73. The molecular formula is C27H37ClN2O5. The maximum atomic E-state index is 13.0. The van der Waals surface area contributed by atoms with E-state index in [-0.39, 0.29) is 18.3 Å². The summed E-state index contributed by atoms with van der Waals surface area (Å²) >= 11 is 0. The van der Waals surface area contributed by atoms with Crippen LogP contribution in [0.4, 0.5) is 0 Å². The van der Waals surface area contributed by atoms with Crippen LogP contribution in [0.15, 0.2) is 24.3 Å². The maximum Gasteiger partial charge on any atom is 0.223 e. The fourth-order valence-electron chi connectivity index (χ4n) is 5.11. The zero-order valence-electron chi connectivity index (χ0n) is 21.4. The number of carbonyl (C=O) groups excluding carboxylic acids is 1. The predicted molar refractivity (Wildman–Crippen MR) is 139 cm³/mol. The normalized spacial score (nSPS) is 16.3. The van der Waals surface area contributed by atoms with Crippen molar-refractivity contribution in [3.63, 3.8) is 0 Å². The third-order valence-corrected chi connectivity index (χ3v) is 7.15. The molecule has 1 atom stereocenters. The second kappa shape index (κ2) is 11.9. The quantitative estimate of drug-likeness (QED) is 0.518. The Balaban J connectivity index is 0.00000342. The van der Waals surface area contributed by atoms with Gasteiger partial charge in [-0.1, -0.05) is 0 Å². The number of amides is 1. The number of carbonyl (C=O) groups is 1. The molecule has 1 aliphatic heterocycles. The van der Waals surface area contributed by atoms with Crippen LogP contribution in [-0.4, -0.2) is 77.4 Å². The van der Waals surface area contributed by atoms with E-state index in [9.17, 15) is 4.79 Å². The van der Waals surface area contributed by atoms with Crippen molar-refractivity contribution in [3.05, 3.63) is 46.5 Å². The second-order valence-electron chi connectivity index (χ2n) is 9.18. The molecule has 1 amide bonds. The van der Waals surface area contributed by atoms with E-state index in [4.69, 9.17) is 18.9 Å². The zero-order chi connectivity index (χ0) is 24.2. The van der Waals surface area contributed by atoms with Crippen LogP contribution < -0.4 is 18.9 Å². The first-order valence-corrected chi connectivity index (χ1v) is 11.9. The topological polar surface area (TPSA) is 60.5 Å². The Morgan fingerprint density at radius 3 is 1.86 bits per heavy atom. The van der Waals surface area contributed by atoms with Crippen molar-refractivity contribution in [2.75, 3.05) is 61.7 Å². The van der Waals surface area contributed by atoms with Crippen molar-refractivity contribution in [2.24, 2.45) is 0 Å². The number of nitrogens with zero attached hydrogens (tertiary/aromatic N) is 2. The average molecular weight is 505 g/mol.